The van der Waals surface area contributed by atoms with Crippen molar-refractivity contribution in [2.75, 3.05) is 11.9 Å². The average molecular weight is 343 g/mol. The quantitative estimate of drug-likeness (QED) is 0.654. The Morgan fingerprint density at radius 1 is 1.40 bits per heavy atom. The lowest BCUT2D eigenvalue weighted by Crippen LogP contribution is -2.17. The molecule has 0 aliphatic heterocycles. The molecule has 0 aliphatic carbocycles. The van der Waals surface area contributed by atoms with Crippen molar-refractivity contribution in [3.05, 3.63) is 41.8 Å². The average Bonchev–Trinajstić information content (AvgIpc) is 3.20. The minimum Gasteiger partial charge on any atom is -0.469 e. The van der Waals surface area contributed by atoms with Gasteiger partial charge in [-0.15, -0.1) is 0 Å². The zero-order valence-corrected chi connectivity index (χ0v) is 14.5. The Hall–Kier alpha value is -2.83. The lowest BCUT2D eigenvalue weighted by atomic mass is 10.1. The Kier molecular flexibility index (Phi) is 5.02. The number of aryl methyl sites for hydroxylation is 2. The number of anilines is 1. The highest BCUT2D eigenvalue weighted by Gasteiger charge is 2.24. The van der Waals surface area contributed by atoms with E-state index in [2.05, 4.69) is 15.3 Å². The number of ether oxygens (including phenoxy) is 1. The van der Waals surface area contributed by atoms with Crippen LogP contribution in [-0.2, 0) is 11.2 Å². The van der Waals surface area contributed by atoms with Crippen LogP contribution in [0.1, 0.15) is 42.1 Å². The molecular formula is C18H21N3O4. The first-order chi connectivity index (χ1) is 12.1. The SMILES string of the molecule is CCOC(=O)c1c(C)oc2ncnc(NC(C)CCc3ccco3)c12. The highest BCUT2D eigenvalue weighted by atomic mass is 16.5. The highest BCUT2D eigenvalue weighted by molar-refractivity contribution is 6.07. The molecule has 0 saturated heterocycles. The molecule has 3 aromatic heterocycles. The van der Waals surface area contributed by atoms with E-state index in [0.29, 0.717) is 34.8 Å². The Balaban J connectivity index is 1.84. The van der Waals surface area contributed by atoms with Crippen molar-refractivity contribution >= 4 is 22.9 Å². The van der Waals surface area contributed by atoms with Crippen molar-refractivity contribution in [2.24, 2.45) is 0 Å². The van der Waals surface area contributed by atoms with Crippen LogP contribution in [0.2, 0.25) is 0 Å². The van der Waals surface area contributed by atoms with Gasteiger partial charge in [0.05, 0.1) is 18.3 Å². The molecule has 1 N–H and O–H groups in total. The van der Waals surface area contributed by atoms with Crippen LogP contribution in [0.25, 0.3) is 11.1 Å². The number of furan rings is 2. The number of hydrogen-bond acceptors (Lipinski definition) is 7. The molecule has 0 radical (unpaired) electrons. The maximum atomic E-state index is 12.3. The number of carbonyl (C=O) groups excluding carboxylic acids is 1. The third-order valence-electron chi connectivity index (χ3n) is 3.93. The van der Waals surface area contributed by atoms with Gasteiger partial charge in [-0.05, 0) is 39.3 Å². The molecule has 3 heterocycles. The van der Waals surface area contributed by atoms with E-state index in [0.717, 1.165) is 18.6 Å². The molecule has 0 spiro atoms. The van der Waals surface area contributed by atoms with Crippen molar-refractivity contribution in [1.82, 2.24) is 9.97 Å². The van der Waals surface area contributed by atoms with Crippen molar-refractivity contribution < 1.29 is 18.4 Å². The molecule has 0 amide bonds. The smallest absolute Gasteiger partial charge is 0.342 e. The van der Waals surface area contributed by atoms with Gasteiger partial charge in [-0.2, -0.15) is 0 Å². The van der Waals surface area contributed by atoms with E-state index in [-0.39, 0.29) is 6.04 Å². The largest absolute Gasteiger partial charge is 0.469 e. The summed E-state index contributed by atoms with van der Waals surface area (Å²) < 4.78 is 16.1. The molecule has 1 unspecified atom stereocenters. The summed E-state index contributed by atoms with van der Waals surface area (Å²) in [4.78, 5) is 20.7. The monoisotopic (exact) mass is 343 g/mol. The number of hydrogen-bond donors (Lipinski definition) is 1. The van der Waals surface area contributed by atoms with Gasteiger partial charge >= 0.3 is 5.97 Å². The maximum absolute atomic E-state index is 12.3. The number of fused-ring (bicyclic) bond motifs is 1. The van der Waals surface area contributed by atoms with Crippen LogP contribution >= 0.6 is 0 Å². The van der Waals surface area contributed by atoms with Crippen LogP contribution in [0.4, 0.5) is 5.82 Å². The molecular weight excluding hydrogens is 322 g/mol. The van der Waals surface area contributed by atoms with E-state index < -0.39 is 5.97 Å². The van der Waals surface area contributed by atoms with Crippen LogP contribution in [0, 0.1) is 6.92 Å². The van der Waals surface area contributed by atoms with Gasteiger partial charge in [0.15, 0.2) is 0 Å². The molecule has 0 fully saturated rings. The molecule has 132 valence electrons. The van der Waals surface area contributed by atoms with Gasteiger partial charge < -0.3 is 18.9 Å². The third kappa shape index (κ3) is 3.65. The van der Waals surface area contributed by atoms with E-state index in [1.54, 1.807) is 20.1 Å². The summed E-state index contributed by atoms with van der Waals surface area (Å²) in [7, 11) is 0. The third-order valence-corrected chi connectivity index (χ3v) is 3.93. The van der Waals surface area contributed by atoms with Crippen LogP contribution in [0.5, 0.6) is 0 Å². The summed E-state index contributed by atoms with van der Waals surface area (Å²) in [5, 5.41) is 3.90. The zero-order chi connectivity index (χ0) is 17.8. The molecule has 0 saturated carbocycles. The topological polar surface area (TPSA) is 90.4 Å². The first kappa shape index (κ1) is 17.0. The number of nitrogens with one attached hydrogen (secondary N) is 1. The fraction of sp³-hybridized carbons (Fsp3) is 0.389. The molecule has 3 rings (SSSR count). The molecule has 7 nitrogen and oxygen atoms in total. The summed E-state index contributed by atoms with van der Waals surface area (Å²) in [5.74, 6) is 1.55. The second kappa shape index (κ2) is 7.38. The van der Waals surface area contributed by atoms with Crippen molar-refractivity contribution in [1.29, 1.82) is 0 Å². The Morgan fingerprint density at radius 2 is 2.24 bits per heavy atom. The Morgan fingerprint density at radius 3 is 2.96 bits per heavy atom. The molecule has 1 atom stereocenters. The second-order valence-electron chi connectivity index (χ2n) is 5.82. The number of carbonyl (C=O) groups is 1. The molecule has 0 bridgehead atoms. The molecule has 3 aromatic rings. The predicted octanol–water partition coefficient (Wildman–Crippen LogP) is 3.73. The summed E-state index contributed by atoms with van der Waals surface area (Å²) in [6.07, 6.45) is 4.75. The summed E-state index contributed by atoms with van der Waals surface area (Å²) in [6.45, 7) is 5.83. The lowest BCUT2D eigenvalue weighted by molar-refractivity contribution is 0.0526. The minimum atomic E-state index is -0.431. The van der Waals surface area contributed by atoms with Gasteiger partial charge in [-0.3, -0.25) is 0 Å². The number of esters is 1. The van der Waals surface area contributed by atoms with Gasteiger partial charge in [0, 0.05) is 12.5 Å². The van der Waals surface area contributed by atoms with E-state index >= 15 is 0 Å². The summed E-state index contributed by atoms with van der Waals surface area (Å²) in [6, 6.07) is 3.95. The van der Waals surface area contributed by atoms with E-state index in [1.165, 1.54) is 6.33 Å². The van der Waals surface area contributed by atoms with Crippen LogP contribution in [0.15, 0.2) is 33.6 Å². The molecule has 25 heavy (non-hydrogen) atoms. The number of nitrogens with zero attached hydrogens (tertiary/aromatic N) is 2. The van der Waals surface area contributed by atoms with Crippen LogP contribution in [0.3, 0.4) is 0 Å². The highest BCUT2D eigenvalue weighted by Crippen LogP contribution is 2.30. The van der Waals surface area contributed by atoms with Gasteiger partial charge in [0.25, 0.3) is 0 Å². The minimum absolute atomic E-state index is 0.119. The lowest BCUT2D eigenvalue weighted by Gasteiger charge is -2.14. The van der Waals surface area contributed by atoms with Gasteiger partial charge in [-0.1, -0.05) is 0 Å². The summed E-state index contributed by atoms with van der Waals surface area (Å²) >= 11 is 0. The van der Waals surface area contributed by atoms with Crippen LogP contribution in [-0.4, -0.2) is 28.6 Å². The number of aromatic nitrogens is 2. The zero-order valence-electron chi connectivity index (χ0n) is 14.5. The first-order valence-corrected chi connectivity index (χ1v) is 8.30. The van der Waals surface area contributed by atoms with Gasteiger partial charge in [-0.25, -0.2) is 14.8 Å². The predicted molar refractivity (Wildman–Crippen MR) is 92.6 cm³/mol. The van der Waals surface area contributed by atoms with Crippen molar-refractivity contribution in [2.45, 2.75) is 39.7 Å². The molecule has 0 aliphatic rings. The number of rotatable bonds is 7. The molecule has 7 heteroatoms. The molecule has 0 aromatic carbocycles. The van der Waals surface area contributed by atoms with Gasteiger partial charge in [0.1, 0.15) is 29.2 Å². The van der Waals surface area contributed by atoms with Gasteiger partial charge in [0.2, 0.25) is 5.71 Å². The Bertz CT molecular complexity index is 855. The van der Waals surface area contributed by atoms with Crippen molar-refractivity contribution in [3.63, 3.8) is 0 Å². The summed E-state index contributed by atoms with van der Waals surface area (Å²) in [5.41, 5.74) is 0.745. The van der Waals surface area contributed by atoms with E-state index in [4.69, 9.17) is 13.6 Å². The fourth-order valence-corrected chi connectivity index (χ4v) is 2.72. The standard InChI is InChI=1S/C18H21N3O4/c1-4-23-18(22)14-12(3)25-17-15(14)16(19-10-20-17)21-11(2)7-8-13-6-5-9-24-13/h5-6,9-11H,4,7-8H2,1-3H3,(H,19,20,21). The fourth-order valence-electron chi connectivity index (χ4n) is 2.72. The maximum Gasteiger partial charge on any atom is 0.342 e. The first-order valence-electron chi connectivity index (χ1n) is 8.30. The normalized spacial score (nSPS) is 12.3. The van der Waals surface area contributed by atoms with Crippen molar-refractivity contribution in [3.8, 4) is 0 Å². The van der Waals surface area contributed by atoms with Crippen LogP contribution < -0.4 is 5.32 Å². The Labute approximate surface area is 145 Å². The second-order valence-corrected chi connectivity index (χ2v) is 5.82. The van der Waals surface area contributed by atoms with E-state index in [9.17, 15) is 4.79 Å². The van der Waals surface area contributed by atoms with E-state index in [1.807, 2.05) is 19.1 Å².